The zero-order valence-corrected chi connectivity index (χ0v) is 22.0. The van der Waals surface area contributed by atoms with Gasteiger partial charge in [-0.25, -0.2) is 13.3 Å². The van der Waals surface area contributed by atoms with Crippen LogP contribution >= 0.6 is 23.2 Å². The van der Waals surface area contributed by atoms with E-state index >= 15 is 0 Å². The molecule has 1 atom stereocenters. The number of halogens is 2. The van der Waals surface area contributed by atoms with Gasteiger partial charge in [0.2, 0.25) is 15.9 Å². The lowest BCUT2D eigenvalue weighted by Crippen LogP contribution is -2.45. The maximum Gasteiger partial charge on any atom is 0.252 e. The minimum absolute atomic E-state index is 0.0338. The van der Waals surface area contributed by atoms with Crippen LogP contribution in [0.15, 0.2) is 71.6 Å². The Morgan fingerprint density at radius 1 is 1.00 bits per heavy atom. The van der Waals surface area contributed by atoms with E-state index in [0.29, 0.717) is 23.6 Å². The number of hydrogen-bond donors (Lipinski definition) is 0. The van der Waals surface area contributed by atoms with Gasteiger partial charge in [0, 0.05) is 11.6 Å². The first-order chi connectivity index (χ1) is 17.1. The van der Waals surface area contributed by atoms with Gasteiger partial charge in [-0.2, -0.15) is 4.31 Å². The molecule has 3 aromatic rings. The van der Waals surface area contributed by atoms with E-state index in [9.17, 15) is 18.0 Å². The van der Waals surface area contributed by atoms with Crippen LogP contribution in [0.5, 0.6) is 5.75 Å². The molecule has 1 unspecified atom stereocenters. The van der Waals surface area contributed by atoms with E-state index < -0.39 is 27.9 Å². The first-order valence-electron chi connectivity index (χ1n) is 11.2. The normalized spacial score (nSPS) is 16.1. The molecule has 0 radical (unpaired) electrons. The maximum absolute atomic E-state index is 13.9. The number of carbonyl (C=O) groups excluding carboxylic acids is 2. The molecule has 1 heterocycles. The van der Waals surface area contributed by atoms with Gasteiger partial charge in [0.05, 0.1) is 23.7 Å². The van der Waals surface area contributed by atoms with Crippen LogP contribution in [0.25, 0.3) is 0 Å². The highest BCUT2D eigenvalue weighted by Gasteiger charge is 2.47. The lowest BCUT2D eigenvalue weighted by Gasteiger charge is -2.27. The van der Waals surface area contributed by atoms with Gasteiger partial charge < -0.3 is 4.74 Å². The first kappa shape index (κ1) is 26.2. The number of carbonyl (C=O) groups is 2. The molecule has 0 N–H and O–H groups in total. The van der Waals surface area contributed by atoms with Crippen molar-refractivity contribution in [2.45, 2.75) is 37.8 Å². The van der Waals surface area contributed by atoms with Gasteiger partial charge in [-0.15, -0.1) is 0 Å². The minimum Gasteiger partial charge on any atom is -0.494 e. The third kappa shape index (κ3) is 5.27. The number of imide groups is 1. The summed E-state index contributed by atoms with van der Waals surface area (Å²) in [4.78, 5) is 27.3. The predicted molar refractivity (Wildman–Crippen MR) is 139 cm³/mol. The van der Waals surface area contributed by atoms with E-state index in [1.165, 1.54) is 18.2 Å². The molecule has 0 spiro atoms. The van der Waals surface area contributed by atoms with Crippen molar-refractivity contribution in [1.29, 1.82) is 0 Å². The Labute approximate surface area is 220 Å². The average molecular weight is 547 g/mol. The smallest absolute Gasteiger partial charge is 0.252 e. The molecule has 0 aliphatic carbocycles. The van der Waals surface area contributed by atoms with Gasteiger partial charge in [0.1, 0.15) is 16.7 Å². The van der Waals surface area contributed by atoms with Crippen LogP contribution in [-0.4, -0.2) is 37.2 Å². The topological polar surface area (TPSA) is 84.0 Å². The molecule has 1 aliphatic rings. The summed E-state index contributed by atoms with van der Waals surface area (Å²) in [5.41, 5.74) is 1.99. The fourth-order valence-corrected chi connectivity index (χ4v) is 6.32. The Bertz CT molecular complexity index is 1390. The maximum atomic E-state index is 13.9. The third-order valence-corrected chi connectivity index (χ3v) is 8.39. The van der Waals surface area contributed by atoms with Crippen LogP contribution in [0, 0.1) is 6.92 Å². The highest BCUT2D eigenvalue weighted by atomic mass is 35.5. The zero-order chi connectivity index (χ0) is 26.0. The second kappa shape index (κ2) is 10.6. The van der Waals surface area contributed by atoms with Crippen LogP contribution in [0.3, 0.4) is 0 Å². The highest BCUT2D eigenvalue weighted by molar-refractivity contribution is 7.89. The molecular formula is C26H24Cl2N2O5S. The summed E-state index contributed by atoms with van der Waals surface area (Å²) in [6, 6.07) is 16.6. The molecule has 1 saturated heterocycles. The summed E-state index contributed by atoms with van der Waals surface area (Å²) in [6.45, 7) is 4.10. The summed E-state index contributed by atoms with van der Waals surface area (Å²) in [7, 11) is -4.32. The Morgan fingerprint density at radius 3 is 2.31 bits per heavy atom. The molecule has 4 rings (SSSR count). The van der Waals surface area contributed by atoms with E-state index in [0.717, 1.165) is 14.8 Å². The van der Waals surface area contributed by atoms with Crippen molar-refractivity contribution >= 4 is 50.7 Å². The van der Waals surface area contributed by atoms with Crippen molar-refractivity contribution in [3.8, 4) is 5.75 Å². The van der Waals surface area contributed by atoms with Gasteiger partial charge in [-0.1, -0.05) is 53.0 Å². The first-order valence-corrected chi connectivity index (χ1v) is 13.4. The molecule has 36 heavy (non-hydrogen) atoms. The number of hydrogen-bond acceptors (Lipinski definition) is 5. The van der Waals surface area contributed by atoms with Gasteiger partial charge in [0.15, 0.2) is 0 Å². The summed E-state index contributed by atoms with van der Waals surface area (Å²) in [6.07, 6.45) is -0.310. The van der Waals surface area contributed by atoms with Crippen molar-refractivity contribution in [2.75, 3.05) is 11.5 Å². The Morgan fingerprint density at radius 2 is 1.67 bits per heavy atom. The van der Waals surface area contributed by atoms with Crippen molar-refractivity contribution in [2.24, 2.45) is 0 Å². The average Bonchev–Trinajstić information content (AvgIpc) is 3.14. The molecule has 0 saturated carbocycles. The molecule has 3 aromatic carbocycles. The fourth-order valence-electron chi connectivity index (χ4n) is 4.01. The summed E-state index contributed by atoms with van der Waals surface area (Å²) in [5, 5.41) is 0.145. The predicted octanol–water partition coefficient (Wildman–Crippen LogP) is 5.22. The van der Waals surface area contributed by atoms with Crippen LogP contribution in [-0.2, 0) is 26.2 Å². The quantitative estimate of drug-likeness (QED) is 0.361. The van der Waals surface area contributed by atoms with E-state index in [1.807, 2.05) is 26.0 Å². The number of nitrogens with zero attached hydrogens (tertiary/aromatic N) is 2. The zero-order valence-electron chi connectivity index (χ0n) is 19.6. The SMILES string of the molecule is CCOc1ccc(N2C(=O)CC(N(Cc3ccc(C)cc3)S(=O)(=O)c3cc(Cl)ccc3Cl)C2=O)cc1. The lowest BCUT2D eigenvalue weighted by atomic mass is 10.1. The summed E-state index contributed by atoms with van der Waals surface area (Å²) < 4.78 is 34.2. The molecule has 2 amide bonds. The summed E-state index contributed by atoms with van der Waals surface area (Å²) >= 11 is 12.3. The standard InChI is InChI=1S/C26H24Cl2N2O5S/c1-3-35-21-11-9-20(10-12-21)30-25(31)15-23(26(30)32)29(16-18-6-4-17(2)5-7-18)36(33,34)24-14-19(27)8-13-22(24)28/h4-14,23H,3,15-16H2,1-2H3. The van der Waals surface area contributed by atoms with Crippen molar-refractivity contribution in [1.82, 2.24) is 4.31 Å². The number of ether oxygens (including phenoxy) is 1. The van der Waals surface area contributed by atoms with Crippen LogP contribution in [0.2, 0.25) is 10.0 Å². The molecule has 0 bridgehead atoms. The number of amides is 2. The molecule has 1 fully saturated rings. The second-order valence-corrected chi connectivity index (χ2v) is 11.0. The number of rotatable bonds is 8. The Kier molecular flexibility index (Phi) is 7.70. The number of benzene rings is 3. The number of aryl methyl sites for hydroxylation is 1. The van der Waals surface area contributed by atoms with Gasteiger partial charge in [0.25, 0.3) is 5.91 Å². The summed E-state index contributed by atoms with van der Waals surface area (Å²) in [5.74, 6) is -0.551. The van der Waals surface area contributed by atoms with Crippen LogP contribution in [0.1, 0.15) is 24.5 Å². The second-order valence-electron chi connectivity index (χ2n) is 8.32. The Balaban J connectivity index is 1.74. The highest BCUT2D eigenvalue weighted by Crippen LogP contribution is 2.34. The fraction of sp³-hybridized carbons (Fsp3) is 0.231. The molecule has 7 nitrogen and oxygen atoms in total. The van der Waals surface area contributed by atoms with Crippen molar-refractivity contribution in [3.63, 3.8) is 0 Å². The van der Waals surface area contributed by atoms with E-state index in [4.69, 9.17) is 27.9 Å². The molecular weight excluding hydrogens is 523 g/mol. The molecule has 10 heteroatoms. The van der Waals surface area contributed by atoms with E-state index in [1.54, 1.807) is 36.4 Å². The Hall–Kier alpha value is -2.91. The molecule has 188 valence electrons. The van der Waals surface area contributed by atoms with Gasteiger partial charge in [-0.3, -0.25) is 9.59 Å². The minimum atomic E-state index is -4.32. The number of sulfonamides is 1. The van der Waals surface area contributed by atoms with Crippen molar-refractivity contribution in [3.05, 3.63) is 87.9 Å². The number of anilines is 1. The largest absolute Gasteiger partial charge is 0.494 e. The monoisotopic (exact) mass is 546 g/mol. The van der Waals surface area contributed by atoms with E-state index in [2.05, 4.69) is 0 Å². The van der Waals surface area contributed by atoms with E-state index in [-0.39, 0.29) is 27.9 Å². The van der Waals surface area contributed by atoms with Crippen LogP contribution in [0.4, 0.5) is 5.69 Å². The molecule has 1 aliphatic heterocycles. The van der Waals surface area contributed by atoms with Crippen LogP contribution < -0.4 is 9.64 Å². The third-order valence-electron chi connectivity index (χ3n) is 5.82. The lowest BCUT2D eigenvalue weighted by molar-refractivity contribution is -0.122. The van der Waals surface area contributed by atoms with Gasteiger partial charge >= 0.3 is 0 Å². The molecule has 0 aromatic heterocycles. The van der Waals surface area contributed by atoms with Crippen molar-refractivity contribution < 1.29 is 22.7 Å². The van der Waals surface area contributed by atoms with Gasteiger partial charge in [-0.05, 0) is 61.9 Å².